The number of nitrogens with zero attached hydrogens (tertiary/aromatic N) is 2. The molecule has 2 bridgehead atoms. The summed E-state index contributed by atoms with van der Waals surface area (Å²) in [5, 5.41) is 24.2. The standard InChI is InChI=1S/C41H41BrF2N6O3S2/c1-40(2)25-54-18-16-41(3,26-9-8-10-28(42)19-26)39(46)49-38(47-4)32-20-29(13-14-34(32)43)53-37-33(24-48-23-27(40)22-45)31-15-17-50(36(31)21-35(37)44)55(51,52)30-11-6-5-7-12-30/h5-15,17,19-23,45,48H,16,18,24-25H2,1-4H3,(H2,46,47,49)/b27-23+,45-22?. The smallest absolute Gasteiger partial charge is 0.268 e. The number of ether oxygens (including phenoxy) is 1. The molecule has 0 fully saturated rings. The molecule has 0 amide bonds. The zero-order valence-corrected chi connectivity index (χ0v) is 33.9. The molecule has 1 atom stereocenters. The maximum atomic E-state index is 16.4. The summed E-state index contributed by atoms with van der Waals surface area (Å²) in [6, 6.07) is 22.2. The summed E-state index contributed by atoms with van der Waals surface area (Å²) in [5.74, 6) is -0.191. The van der Waals surface area contributed by atoms with Crippen LogP contribution in [0.3, 0.4) is 0 Å². The topological polar surface area (TPSA) is 132 Å². The van der Waals surface area contributed by atoms with Crippen molar-refractivity contribution in [1.29, 1.82) is 10.8 Å². The Balaban J connectivity index is 1.52. The van der Waals surface area contributed by atoms with E-state index >= 15 is 8.78 Å². The summed E-state index contributed by atoms with van der Waals surface area (Å²) in [4.78, 5) is 4.70. The summed E-state index contributed by atoms with van der Waals surface area (Å²) in [6.45, 7) is 6.01. The summed E-state index contributed by atoms with van der Waals surface area (Å²) >= 11 is 5.25. The fraction of sp³-hybridized carbons (Fsp3) is 0.244. The van der Waals surface area contributed by atoms with E-state index in [4.69, 9.17) is 10.1 Å². The zero-order valence-electron chi connectivity index (χ0n) is 30.7. The Kier molecular flexibility index (Phi) is 11.7. The maximum absolute atomic E-state index is 16.4. The van der Waals surface area contributed by atoms with Crippen LogP contribution in [0.4, 0.5) is 8.78 Å². The van der Waals surface area contributed by atoms with Gasteiger partial charge in [0.25, 0.3) is 10.0 Å². The van der Waals surface area contributed by atoms with Crippen molar-refractivity contribution in [2.75, 3.05) is 18.6 Å². The van der Waals surface area contributed by atoms with E-state index in [0.717, 1.165) is 20.1 Å². The predicted octanol–water partition coefficient (Wildman–Crippen LogP) is 9.40. The number of amidine groups is 2. The average Bonchev–Trinajstić information content (AvgIpc) is 3.60. The van der Waals surface area contributed by atoms with Gasteiger partial charge in [-0.1, -0.05) is 60.1 Å². The third-order valence-corrected chi connectivity index (χ3v) is 13.4. The number of fused-ring (bicyclic) bond motifs is 5. The van der Waals surface area contributed by atoms with Gasteiger partial charge < -0.3 is 20.8 Å². The number of aliphatic imine (C=N–C) groups is 1. The molecular formula is C41H41BrF2N6O3S2. The Morgan fingerprint density at radius 2 is 1.78 bits per heavy atom. The van der Waals surface area contributed by atoms with Gasteiger partial charge in [0.05, 0.1) is 21.4 Å². The van der Waals surface area contributed by atoms with Gasteiger partial charge in [0, 0.05) is 64.9 Å². The van der Waals surface area contributed by atoms with Crippen molar-refractivity contribution < 1.29 is 21.9 Å². The van der Waals surface area contributed by atoms with Crippen molar-refractivity contribution in [1.82, 2.24) is 14.6 Å². The minimum Gasteiger partial charge on any atom is -0.454 e. The highest BCUT2D eigenvalue weighted by Crippen LogP contribution is 2.39. The molecule has 1 aliphatic heterocycles. The van der Waals surface area contributed by atoms with Gasteiger partial charge in [0.1, 0.15) is 23.2 Å². The highest BCUT2D eigenvalue weighted by atomic mass is 79.9. The van der Waals surface area contributed by atoms with Crippen molar-refractivity contribution in [3.63, 3.8) is 0 Å². The average molecular weight is 848 g/mol. The van der Waals surface area contributed by atoms with Crippen LogP contribution in [0.1, 0.15) is 43.9 Å². The molecule has 1 unspecified atom stereocenters. The molecule has 0 aliphatic carbocycles. The minimum absolute atomic E-state index is 0.00101. The van der Waals surface area contributed by atoms with E-state index in [1.807, 2.05) is 45.0 Å². The summed E-state index contributed by atoms with van der Waals surface area (Å²) in [7, 11) is -2.50. The van der Waals surface area contributed by atoms with E-state index in [1.54, 1.807) is 49.3 Å². The second-order valence-corrected chi connectivity index (χ2v) is 17.8. The molecule has 2 heterocycles. The van der Waals surface area contributed by atoms with Crippen LogP contribution in [0.2, 0.25) is 0 Å². The molecule has 55 heavy (non-hydrogen) atoms. The first-order valence-electron chi connectivity index (χ1n) is 17.4. The molecule has 4 N–H and O–H groups in total. The second-order valence-electron chi connectivity index (χ2n) is 14.0. The van der Waals surface area contributed by atoms with Gasteiger partial charge in [0.2, 0.25) is 0 Å². The van der Waals surface area contributed by atoms with Crippen molar-refractivity contribution in [3.8, 4) is 11.5 Å². The van der Waals surface area contributed by atoms with E-state index in [0.29, 0.717) is 34.4 Å². The zero-order chi connectivity index (χ0) is 39.5. The number of allylic oxidation sites excluding steroid dienone is 1. The molecule has 9 nitrogen and oxygen atoms in total. The van der Waals surface area contributed by atoms with E-state index in [2.05, 4.69) is 31.6 Å². The van der Waals surface area contributed by atoms with Crippen LogP contribution in [-0.4, -0.2) is 48.8 Å². The minimum atomic E-state index is -4.09. The van der Waals surface area contributed by atoms with Crippen LogP contribution in [0.5, 0.6) is 11.5 Å². The first-order valence-corrected chi connectivity index (χ1v) is 20.8. The predicted molar refractivity (Wildman–Crippen MR) is 222 cm³/mol. The monoisotopic (exact) mass is 846 g/mol. The van der Waals surface area contributed by atoms with E-state index in [9.17, 15) is 13.8 Å². The van der Waals surface area contributed by atoms with Crippen LogP contribution < -0.4 is 15.4 Å². The number of rotatable bonds is 4. The molecule has 1 aliphatic rings. The number of hydrogen-bond acceptors (Lipinski definition) is 8. The Labute approximate surface area is 332 Å². The molecule has 0 spiro atoms. The molecule has 14 heteroatoms. The molecule has 286 valence electrons. The number of nitrogens with one attached hydrogen (secondary N) is 4. The number of benzene rings is 4. The lowest BCUT2D eigenvalue weighted by atomic mass is 9.79. The first-order chi connectivity index (χ1) is 26.2. The number of halogens is 3. The molecule has 1 aromatic heterocycles. The van der Waals surface area contributed by atoms with Crippen LogP contribution in [0, 0.1) is 27.9 Å². The van der Waals surface area contributed by atoms with Gasteiger partial charge in [-0.2, -0.15) is 11.8 Å². The molecule has 4 aromatic carbocycles. The number of aromatic nitrogens is 1. The second kappa shape index (κ2) is 16.1. The Hall–Kier alpha value is -4.79. The summed E-state index contributed by atoms with van der Waals surface area (Å²) in [5.41, 5.74) is 0.635. The Bertz CT molecular complexity index is 2450. The molecule has 6 rings (SSSR count). The lowest BCUT2D eigenvalue weighted by molar-refractivity contribution is 0.435. The van der Waals surface area contributed by atoms with Crippen molar-refractivity contribution >= 4 is 66.5 Å². The fourth-order valence-electron chi connectivity index (χ4n) is 6.44. The van der Waals surface area contributed by atoms with Gasteiger partial charge in [-0.15, -0.1) is 0 Å². The highest BCUT2D eigenvalue weighted by Gasteiger charge is 2.34. The van der Waals surface area contributed by atoms with Gasteiger partial charge in [-0.25, -0.2) is 26.2 Å². The van der Waals surface area contributed by atoms with Crippen LogP contribution >= 0.6 is 27.7 Å². The quantitative estimate of drug-likeness (QED) is 0.133. The Morgan fingerprint density at radius 1 is 1.02 bits per heavy atom. The van der Waals surface area contributed by atoms with Gasteiger partial charge in [-0.3, -0.25) is 5.41 Å². The maximum Gasteiger partial charge on any atom is 0.268 e. The van der Waals surface area contributed by atoms with Crippen LogP contribution in [0.25, 0.3) is 10.9 Å². The van der Waals surface area contributed by atoms with Gasteiger partial charge in [0.15, 0.2) is 11.6 Å². The fourth-order valence-corrected chi connectivity index (χ4v) is 9.58. The van der Waals surface area contributed by atoms with E-state index in [1.165, 1.54) is 42.7 Å². The molecule has 0 radical (unpaired) electrons. The van der Waals surface area contributed by atoms with E-state index < -0.39 is 32.5 Å². The van der Waals surface area contributed by atoms with Crippen molar-refractivity contribution in [2.24, 2.45) is 10.4 Å². The lowest BCUT2D eigenvalue weighted by Gasteiger charge is -2.31. The Morgan fingerprint density at radius 3 is 2.49 bits per heavy atom. The number of hydrogen-bond donors (Lipinski definition) is 4. The highest BCUT2D eigenvalue weighted by molar-refractivity contribution is 9.10. The first kappa shape index (κ1) is 39.9. The summed E-state index contributed by atoms with van der Waals surface area (Å²) < 4.78 is 67.6. The van der Waals surface area contributed by atoms with Gasteiger partial charge in [-0.05, 0) is 78.8 Å². The van der Waals surface area contributed by atoms with Crippen molar-refractivity contribution in [3.05, 3.63) is 136 Å². The third kappa shape index (κ3) is 8.12. The molecule has 0 saturated carbocycles. The summed E-state index contributed by atoms with van der Waals surface area (Å²) in [6.07, 6.45) is 4.92. The third-order valence-electron chi connectivity index (χ3n) is 9.81. The molecule has 0 saturated heterocycles. The normalized spacial score (nSPS) is 20.2. The molecule has 5 aromatic rings. The van der Waals surface area contributed by atoms with Gasteiger partial charge >= 0.3 is 0 Å². The number of thioether (sulfide) groups is 1. The van der Waals surface area contributed by atoms with Crippen LogP contribution in [0.15, 0.2) is 117 Å². The lowest BCUT2D eigenvalue weighted by Crippen LogP contribution is -2.34. The SMILES string of the molecule is CN/C1=N\C(=N)C(C)(c2cccc(Br)c2)CCSCC(C)(C)/C(C=N)=C/NCc2c(c(F)cc3c2ccn3S(=O)(=O)c2ccccc2)Oc2ccc(F)c1c2. The molecular weight excluding hydrogens is 807 g/mol. The largest absolute Gasteiger partial charge is 0.454 e. The van der Waals surface area contributed by atoms with Crippen molar-refractivity contribution in [2.45, 2.75) is 44.0 Å². The van der Waals surface area contributed by atoms with Crippen LogP contribution in [-0.2, 0) is 22.0 Å². The van der Waals surface area contributed by atoms with E-state index in [-0.39, 0.29) is 45.7 Å².